The van der Waals surface area contributed by atoms with E-state index in [-0.39, 0.29) is 24.3 Å². The lowest BCUT2D eigenvalue weighted by atomic mass is 10.1. The van der Waals surface area contributed by atoms with Gasteiger partial charge in [-0.1, -0.05) is 42.5 Å². The number of carbonyl (C=O) groups excluding carboxylic acids is 3. The number of imide groups is 1. The van der Waals surface area contributed by atoms with E-state index in [9.17, 15) is 14.4 Å². The second-order valence-corrected chi connectivity index (χ2v) is 7.98. The zero-order valence-electron chi connectivity index (χ0n) is 16.2. The number of rotatable bonds is 7. The van der Waals surface area contributed by atoms with E-state index in [1.54, 1.807) is 47.7 Å². The van der Waals surface area contributed by atoms with Crippen LogP contribution in [0.4, 0.5) is 16.2 Å². The van der Waals surface area contributed by atoms with Gasteiger partial charge in [0.05, 0.1) is 12.1 Å². The maximum absolute atomic E-state index is 13.2. The maximum Gasteiger partial charge on any atom is 0.332 e. The highest BCUT2D eigenvalue weighted by atomic mass is 32.1. The zero-order chi connectivity index (χ0) is 20.9. The molecule has 1 aromatic heterocycles. The molecule has 4 rings (SSSR count). The van der Waals surface area contributed by atoms with Gasteiger partial charge in [-0.3, -0.25) is 9.59 Å². The normalized spacial score (nSPS) is 16.2. The van der Waals surface area contributed by atoms with Gasteiger partial charge in [-0.05, 0) is 42.1 Å². The molecule has 4 amide bonds. The third kappa shape index (κ3) is 4.26. The molecule has 6 nitrogen and oxygen atoms in total. The fourth-order valence-electron chi connectivity index (χ4n) is 3.50. The standard InChI is InChI=1S/C23H21N3O3S/c27-21(24-17-8-3-1-4-9-17)16-20-22(28)26(18-10-5-2-6-11-18)23(29)25(20)14-13-19-12-7-15-30-19/h1-12,15,20H,13-14,16H2,(H,24,27)/t20-/m1/s1. The van der Waals surface area contributed by atoms with E-state index >= 15 is 0 Å². The third-order valence-corrected chi connectivity index (χ3v) is 5.88. The molecule has 1 aliphatic heterocycles. The van der Waals surface area contributed by atoms with Crippen molar-refractivity contribution in [1.29, 1.82) is 0 Å². The van der Waals surface area contributed by atoms with Crippen LogP contribution >= 0.6 is 11.3 Å². The molecule has 3 aromatic rings. The Morgan fingerprint density at radius 1 is 0.933 bits per heavy atom. The highest BCUT2D eigenvalue weighted by Gasteiger charge is 2.46. The van der Waals surface area contributed by atoms with Crippen LogP contribution in [0.1, 0.15) is 11.3 Å². The van der Waals surface area contributed by atoms with Crippen LogP contribution in [0, 0.1) is 0 Å². The Labute approximate surface area is 178 Å². The van der Waals surface area contributed by atoms with Gasteiger partial charge in [0.1, 0.15) is 6.04 Å². The smallest absolute Gasteiger partial charge is 0.326 e. The summed E-state index contributed by atoms with van der Waals surface area (Å²) in [5.41, 5.74) is 1.17. The Hall–Kier alpha value is -3.45. The predicted molar refractivity (Wildman–Crippen MR) is 118 cm³/mol. The van der Waals surface area contributed by atoms with Crippen molar-refractivity contribution in [3.05, 3.63) is 83.1 Å². The molecule has 1 saturated heterocycles. The van der Waals surface area contributed by atoms with Crippen molar-refractivity contribution < 1.29 is 14.4 Å². The van der Waals surface area contributed by atoms with Gasteiger partial charge in [0.15, 0.2) is 0 Å². The van der Waals surface area contributed by atoms with E-state index in [0.29, 0.717) is 24.3 Å². The minimum Gasteiger partial charge on any atom is -0.326 e. The minimum atomic E-state index is -0.832. The van der Waals surface area contributed by atoms with Crippen molar-refractivity contribution in [1.82, 2.24) is 4.90 Å². The average Bonchev–Trinajstić information content (AvgIpc) is 3.35. The Kier molecular flexibility index (Phi) is 5.90. The lowest BCUT2D eigenvalue weighted by Gasteiger charge is -2.21. The number of carbonyl (C=O) groups is 3. The molecular formula is C23H21N3O3S. The van der Waals surface area contributed by atoms with Crippen molar-refractivity contribution in [2.75, 3.05) is 16.8 Å². The van der Waals surface area contributed by atoms with E-state index in [0.717, 1.165) is 4.88 Å². The van der Waals surface area contributed by atoms with Crippen molar-refractivity contribution in [2.24, 2.45) is 0 Å². The zero-order valence-corrected chi connectivity index (χ0v) is 17.0. The van der Waals surface area contributed by atoms with Crippen molar-refractivity contribution in [2.45, 2.75) is 18.9 Å². The number of amides is 4. The molecule has 1 aliphatic rings. The maximum atomic E-state index is 13.2. The van der Waals surface area contributed by atoms with Gasteiger partial charge in [-0.2, -0.15) is 0 Å². The summed E-state index contributed by atoms with van der Waals surface area (Å²) in [7, 11) is 0. The van der Waals surface area contributed by atoms with Crippen LogP contribution in [0.2, 0.25) is 0 Å². The van der Waals surface area contributed by atoms with E-state index in [2.05, 4.69) is 5.32 Å². The Morgan fingerprint density at radius 2 is 1.63 bits per heavy atom. The third-order valence-electron chi connectivity index (χ3n) is 4.95. The first-order valence-electron chi connectivity index (χ1n) is 9.70. The quantitative estimate of drug-likeness (QED) is 0.585. The first kappa shape index (κ1) is 19.8. The van der Waals surface area contributed by atoms with Gasteiger partial charge in [0, 0.05) is 17.1 Å². The molecule has 0 saturated carbocycles. The van der Waals surface area contributed by atoms with Crippen molar-refractivity contribution >= 4 is 40.6 Å². The Bertz CT molecular complexity index is 1020. The fourth-order valence-corrected chi connectivity index (χ4v) is 4.19. The predicted octanol–water partition coefficient (Wildman–Crippen LogP) is 4.16. The van der Waals surface area contributed by atoms with Crippen LogP contribution in [0.15, 0.2) is 78.2 Å². The monoisotopic (exact) mass is 419 g/mol. The van der Waals surface area contributed by atoms with E-state index in [1.165, 1.54) is 9.80 Å². The highest BCUT2D eigenvalue weighted by molar-refractivity contribution is 7.09. The molecule has 0 unspecified atom stereocenters. The van der Waals surface area contributed by atoms with Gasteiger partial charge in [0.25, 0.3) is 5.91 Å². The largest absolute Gasteiger partial charge is 0.332 e. The van der Waals surface area contributed by atoms with Crippen LogP contribution in [-0.2, 0) is 16.0 Å². The van der Waals surface area contributed by atoms with E-state index in [4.69, 9.17) is 0 Å². The highest BCUT2D eigenvalue weighted by Crippen LogP contribution is 2.27. The molecule has 1 atom stereocenters. The summed E-state index contributed by atoms with van der Waals surface area (Å²) in [5.74, 6) is -0.677. The molecule has 2 heterocycles. The summed E-state index contributed by atoms with van der Waals surface area (Å²) in [6.07, 6.45) is 0.545. The summed E-state index contributed by atoms with van der Waals surface area (Å²) < 4.78 is 0. The molecule has 1 fully saturated rings. The fraction of sp³-hybridized carbons (Fsp3) is 0.174. The van der Waals surface area contributed by atoms with Crippen LogP contribution in [0.25, 0.3) is 0 Å². The minimum absolute atomic E-state index is 0.0900. The average molecular weight is 420 g/mol. The lowest BCUT2D eigenvalue weighted by molar-refractivity contribution is -0.124. The number of benzene rings is 2. The van der Waals surface area contributed by atoms with Gasteiger partial charge in [0.2, 0.25) is 5.91 Å². The second kappa shape index (κ2) is 8.92. The van der Waals surface area contributed by atoms with Gasteiger partial charge in [-0.15, -0.1) is 11.3 Å². The molecule has 7 heteroatoms. The number of para-hydroxylation sites is 2. The molecule has 30 heavy (non-hydrogen) atoms. The summed E-state index contributed by atoms with van der Waals surface area (Å²) >= 11 is 1.61. The lowest BCUT2D eigenvalue weighted by Crippen LogP contribution is -2.39. The summed E-state index contributed by atoms with van der Waals surface area (Å²) in [6, 6.07) is 20.6. The van der Waals surface area contributed by atoms with E-state index in [1.807, 2.05) is 41.8 Å². The topological polar surface area (TPSA) is 69.7 Å². The van der Waals surface area contributed by atoms with Gasteiger partial charge >= 0.3 is 6.03 Å². The van der Waals surface area contributed by atoms with Crippen LogP contribution in [0.3, 0.4) is 0 Å². The molecule has 0 bridgehead atoms. The Balaban J connectivity index is 1.54. The van der Waals surface area contributed by atoms with Crippen molar-refractivity contribution in [3.63, 3.8) is 0 Å². The number of anilines is 2. The second-order valence-electron chi connectivity index (χ2n) is 6.95. The molecule has 2 aromatic carbocycles. The summed E-state index contributed by atoms with van der Waals surface area (Å²) in [5, 5.41) is 4.78. The number of hydrogen-bond acceptors (Lipinski definition) is 4. The van der Waals surface area contributed by atoms with Crippen LogP contribution in [-0.4, -0.2) is 35.3 Å². The van der Waals surface area contributed by atoms with Crippen LogP contribution < -0.4 is 10.2 Å². The number of urea groups is 1. The molecular weight excluding hydrogens is 398 g/mol. The van der Waals surface area contributed by atoms with E-state index < -0.39 is 6.04 Å². The summed E-state index contributed by atoms with van der Waals surface area (Å²) in [6.45, 7) is 0.373. The van der Waals surface area contributed by atoms with Gasteiger partial charge in [-0.25, -0.2) is 9.69 Å². The van der Waals surface area contributed by atoms with Crippen LogP contribution in [0.5, 0.6) is 0 Å². The molecule has 1 N–H and O–H groups in total. The molecule has 0 radical (unpaired) electrons. The molecule has 0 spiro atoms. The Morgan fingerprint density at radius 3 is 2.30 bits per heavy atom. The molecule has 0 aliphatic carbocycles. The van der Waals surface area contributed by atoms with Crippen molar-refractivity contribution in [3.8, 4) is 0 Å². The number of nitrogens with one attached hydrogen (secondary N) is 1. The summed E-state index contributed by atoms with van der Waals surface area (Å²) in [4.78, 5) is 42.7. The number of hydrogen-bond donors (Lipinski definition) is 1. The SMILES string of the molecule is O=C(C[C@@H]1C(=O)N(c2ccccc2)C(=O)N1CCc1cccs1)Nc1ccccc1. The first-order chi connectivity index (χ1) is 14.6. The van der Waals surface area contributed by atoms with Gasteiger partial charge < -0.3 is 10.2 Å². The first-order valence-corrected chi connectivity index (χ1v) is 10.6. The molecule has 152 valence electrons. The number of thiophene rings is 1. The number of nitrogens with zero attached hydrogens (tertiary/aromatic N) is 2.